The van der Waals surface area contributed by atoms with E-state index in [0.717, 1.165) is 9.87 Å². The maximum absolute atomic E-state index is 12.6. The van der Waals surface area contributed by atoms with Crippen LogP contribution in [0.1, 0.15) is 12.0 Å². The van der Waals surface area contributed by atoms with Crippen molar-refractivity contribution in [2.75, 3.05) is 13.7 Å². The fourth-order valence-electron chi connectivity index (χ4n) is 2.31. The van der Waals surface area contributed by atoms with Gasteiger partial charge in [0.15, 0.2) is 0 Å². The van der Waals surface area contributed by atoms with Gasteiger partial charge in [0, 0.05) is 13.0 Å². The van der Waals surface area contributed by atoms with Crippen LogP contribution in [0.2, 0.25) is 0 Å². The zero-order valence-electron chi connectivity index (χ0n) is 11.3. The fourth-order valence-corrected chi connectivity index (χ4v) is 4.04. The van der Waals surface area contributed by atoms with Gasteiger partial charge in [0.25, 0.3) is 0 Å². The number of ether oxygens (including phenoxy) is 1. The van der Waals surface area contributed by atoms with Gasteiger partial charge >= 0.3 is 5.97 Å². The van der Waals surface area contributed by atoms with Crippen LogP contribution in [0.25, 0.3) is 0 Å². The highest BCUT2D eigenvalue weighted by Gasteiger charge is 2.44. The molecule has 1 N–H and O–H groups in total. The molecule has 2 atom stereocenters. The Morgan fingerprint density at radius 2 is 2.15 bits per heavy atom. The molecule has 110 valence electrons. The molecule has 0 spiro atoms. The first-order valence-electron chi connectivity index (χ1n) is 6.20. The van der Waals surface area contributed by atoms with Crippen molar-refractivity contribution in [3.8, 4) is 0 Å². The van der Waals surface area contributed by atoms with Crippen LogP contribution in [0.5, 0.6) is 0 Å². The summed E-state index contributed by atoms with van der Waals surface area (Å²) in [6.07, 6.45) is -0.809. The van der Waals surface area contributed by atoms with Crippen molar-refractivity contribution in [3.63, 3.8) is 0 Å². The van der Waals surface area contributed by atoms with Gasteiger partial charge in [-0.15, -0.1) is 0 Å². The quantitative estimate of drug-likeness (QED) is 0.811. The van der Waals surface area contributed by atoms with E-state index in [1.807, 2.05) is 0 Å². The number of methoxy groups -OCH3 is 1. The number of carbonyl (C=O) groups excluding carboxylic acids is 1. The normalized spacial score (nSPS) is 23.8. The number of esters is 1. The fraction of sp³-hybridized carbons (Fsp3) is 0.462. The van der Waals surface area contributed by atoms with Crippen molar-refractivity contribution in [2.45, 2.75) is 30.4 Å². The summed E-state index contributed by atoms with van der Waals surface area (Å²) in [4.78, 5) is 11.8. The summed E-state index contributed by atoms with van der Waals surface area (Å²) < 4.78 is 30.8. The summed E-state index contributed by atoms with van der Waals surface area (Å²) in [5.74, 6) is -0.655. The van der Waals surface area contributed by atoms with E-state index in [2.05, 4.69) is 4.74 Å². The zero-order chi connectivity index (χ0) is 14.9. The predicted molar refractivity (Wildman–Crippen MR) is 71.5 cm³/mol. The summed E-state index contributed by atoms with van der Waals surface area (Å²) >= 11 is 0. The monoisotopic (exact) mass is 299 g/mol. The standard InChI is InChI=1S/C13H17NO5S/c1-9-4-3-5-11(6-9)20(17,18)14-8-10(15)7-12(14)13(16)19-2/h3-6,10,12,15H,7-8H2,1-2H3/t10-,12?/m0/s1. The first kappa shape index (κ1) is 15.0. The average Bonchev–Trinajstić information content (AvgIpc) is 2.80. The molecular formula is C13H17NO5S. The van der Waals surface area contributed by atoms with Crippen LogP contribution in [-0.4, -0.2) is 49.6 Å². The van der Waals surface area contributed by atoms with Gasteiger partial charge in [-0.1, -0.05) is 12.1 Å². The highest BCUT2D eigenvalue weighted by molar-refractivity contribution is 7.89. The molecule has 0 saturated carbocycles. The minimum atomic E-state index is -3.83. The summed E-state index contributed by atoms with van der Waals surface area (Å²) in [6, 6.07) is 5.47. The van der Waals surface area contributed by atoms with E-state index in [0.29, 0.717) is 0 Å². The Balaban J connectivity index is 2.40. The number of β-amino-alcohol motifs (C(OH)–C–C–N with tert-alkyl or cyclic N) is 1. The third-order valence-corrected chi connectivity index (χ3v) is 5.17. The molecule has 1 aliphatic heterocycles. The number of sulfonamides is 1. The number of aliphatic hydroxyl groups excluding tert-OH is 1. The molecule has 0 amide bonds. The molecule has 1 heterocycles. The van der Waals surface area contributed by atoms with Crippen LogP contribution in [0.4, 0.5) is 0 Å². The summed E-state index contributed by atoms with van der Waals surface area (Å²) in [5, 5.41) is 9.67. The van der Waals surface area contributed by atoms with Crippen molar-refractivity contribution < 1.29 is 23.1 Å². The molecule has 0 aliphatic carbocycles. The second-order valence-electron chi connectivity index (χ2n) is 4.82. The Morgan fingerprint density at radius 3 is 2.75 bits per heavy atom. The Hall–Kier alpha value is -1.44. The maximum atomic E-state index is 12.6. The molecule has 1 unspecified atom stereocenters. The molecule has 7 heteroatoms. The largest absolute Gasteiger partial charge is 0.468 e. The van der Waals surface area contributed by atoms with Crippen molar-refractivity contribution in [2.24, 2.45) is 0 Å². The van der Waals surface area contributed by atoms with E-state index in [1.165, 1.54) is 19.2 Å². The number of aliphatic hydroxyl groups is 1. The topological polar surface area (TPSA) is 83.9 Å². The number of hydrogen-bond acceptors (Lipinski definition) is 5. The minimum absolute atomic E-state index is 0.0533. The smallest absolute Gasteiger partial charge is 0.324 e. The number of carbonyl (C=O) groups is 1. The highest BCUT2D eigenvalue weighted by atomic mass is 32.2. The third kappa shape index (κ3) is 2.70. The van der Waals surface area contributed by atoms with Crippen LogP contribution in [0.3, 0.4) is 0 Å². The number of aryl methyl sites for hydroxylation is 1. The molecule has 0 radical (unpaired) electrons. The molecular weight excluding hydrogens is 282 g/mol. The lowest BCUT2D eigenvalue weighted by Gasteiger charge is -2.21. The molecule has 1 aromatic carbocycles. The average molecular weight is 299 g/mol. The second kappa shape index (κ2) is 5.51. The Morgan fingerprint density at radius 1 is 1.45 bits per heavy atom. The lowest BCUT2D eigenvalue weighted by atomic mass is 10.2. The Bertz CT molecular complexity index is 613. The second-order valence-corrected chi connectivity index (χ2v) is 6.71. The van der Waals surface area contributed by atoms with E-state index in [9.17, 15) is 18.3 Å². The molecule has 1 fully saturated rings. The van der Waals surface area contributed by atoms with Gasteiger partial charge in [0.2, 0.25) is 10.0 Å². The molecule has 2 rings (SSSR count). The molecule has 20 heavy (non-hydrogen) atoms. The van der Waals surface area contributed by atoms with Crippen LogP contribution >= 0.6 is 0 Å². The maximum Gasteiger partial charge on any atom is 0.324 e. The van der Waals surface area contributed by atoms with Crippen molar-refractivity contribution >= 4 is 16.0 Å². The van der Waals surface area contributed by atoms with Gasteiger partial charge in [0.1, 0.15) is 6.04 Å². The summed E-state index contributed by atoms with van der Waals surface area (Å²) in [7, 11) is -2.63. The van der Waals surface area contributed by atoms with Crippen LogP contribution in [-0.2, 0) is 19.6 Å². The number of hydrogen-bond donors (Lipinski definition) is 1. The Labute approximate surface area is 118 Å². The van der Waals surface area contributed by atoms with E-state index in [4.69, 9.17) is 0 Å². The van der Waals surface area contributed by atoms with Gasteiger partial charge in [-0.25, -0.2) is 8.42 Å². The third-order valence-electron chi connectivity index (χ3n) is 3.30. The van der Waals surface area contributed by atoms with Gasteiger partial charge in [-0.2, -0.15) is 4.31 Å². The SMILES string of the molecule is COC(=O)C1C[C@H](O)CN1S(=O)(=O)c1cccc(C)c1. The molecule has 1 aliphatic rings. The van der Waals surface area contributed by atoms with Crippen molar-refractivity contribution in [1.29, 1.82) is 0 Å². The van der Waals surface area contributed by atoms with E-state index in [1.54, 1.807) is 19.1 Å². The van der Waals surface area contributed by atoms with Crippen LogP contribution in [0.15, 0.2) is 29.2 Å². The van der Waals surface area contributed by atoms with Gasteiger partial charge < -0.3 is 9.84 Å². The highest BCUT2D eigenvalue weighted by Crippen LogP contribution is 2.27. The van der Waals surface area contributed by atoms with Crippen molar-refractivity contribution in [1.82, 2.24) is 4.31 Å². The summed E-state index contributed by atoms with van der Waals surface area (Å²) in [5.41, 5.74) is 0.806. The van der Waals surface area contributed by atoms with E-state index in [-0.39, 0.29) is 17.9 Å². The van der Waals surface area contributed by atoms with Gasteiger partial charge in [-0.3, -0.25) is 4.79 Å². The minimum Gasteiger partial charge on any atom is -0.468 e. The molecule has 0 bridgehead atoms. The van der Waals surface area contributed by atoms with Crippen molar-refractivity contribution in [3.05, 3.63) is 29.8 Å². The van der Waals surface area contributed by atoms with Gasteiger partial charge in [-0.05, 0) is 24.6 Å². The first-order chi connectivity index (χ1) is 9.36. The van der Waals surface area contributed by atoms with E-state index >= 15 is 0 Å². The number of rotatable bonds is 3. The Kier molecular flexibility index (Phi) is 4.12. The zero-order valence-corrected chi connectivity index (χ0v) is 12.1. The molecule has 0 aromatic heterocycles. The van der Waals surface area contributed by atoms with Crippen LogP contribution in [0, 0.1) is 6.92 Å². The lowest BCUT2D eigenvalue weighted by Crippen LogP contribution is -2.41. The predicted octanol–water partition coefficient (Wildman–Crippen LogP) is 0.292. The molecule has 6 nitrogen and oxygen atoms in total. The lowest BCUT2D eigenvalue weighted by molar-refractivity contribution is -0.144. The first-order valence-corrected chi connectivity index (χ1v) is 7.64. The molecule has 1 saturated heterocycles. The molecule has 1 aromatic rings. The van der Waals surface area contributed by atoms with E-state index < -0.39 is 28.1 Å². The van der Waals surface area contributed by atoms with Crippen LogP contribution < -0.4 is 0 Å². The number of benzene rings is 1. The summed E-state index contributed by atoms with van der Waals surface area (Å²) in [6.45, 7) is 1.69. The van der Waals surface area contributed by atoms with Gasteiger partial charge in [0.05, 0.1) is 18.1 Å². The number of nitrogens with zero attached hydrogens (tertiary/aromatic N) is 1.